The number of hydrogen-bond donors (Lipinski definition) is 6. The first-order valence-electron chi connectivity index (χ1n) is 12.0. The van der Waals surface area contributed by atoms with E-state index in [4.69, 9.17) is 5.73 Å². The second-order valence-corrected chi connectivity index (χ2v) is 10.2. The van der Waals surface area contributed by atoms with E-state index in [9.17, 15) is 39.9 Å². The van der Waals surface area contributed by atoms with E-state index in [1.807, 2.05) is 0 Å². The summed E-state index contributed by atoms with van der Waals surface area (Å²) in [5.74, 6) is -9.31. The second kappa shape index (κ2) is 8.48. The van der Waals surface area contributed by atoms with Crippen LogP contribution in [-0.4, -0.2) is 84.7 Å². The Bertz CT molecular complexity index is 1460. The molecular formula is C27H27N3O8. The number of phenols is 1. The van der Waals surface area contributed by atoms with E-state index in [1.54, 1.807) is 37.4 Å². The smallest absolute Gasteiger partial charge is 0.255 e. The molecule has 3 aliphatic carbocycles. The Balaban J connectivity index is 1.82. The number of amides is 1. The van der Waals surface area contributed by atoms with Crippen molar-refractivity contribution in [3.05, 3.63) is 70.3 Å². The van der Waals surface area contributed by atoms with Crippen LogP contribution in [0.1, 0.15) is 28.8 Å². The zero-order valence-corrected chi connectivity index (χ0v) is 20.8. The van der Waals surface area contributed by atoms with Gasteiger partial charge in [0.2, 0.25) is 5.78 Å². The van der Waals surface area contributed by atoms with Gasteiger partial charge < -0.3 is 31.3 Å². The molecule has 1 aromatic heterocycles. The third-order valence-corrected chi connectivity index (χ3v) is 8.05. The van der Waals surface area contributed by atoms with Gasteiger partial charge in [-0.25, -0.2) is 0 Å². The molecule has 2 aromatic rings. The number of hydrogen-bond acceptors (Lipinski definition) is 10. The summed E-state index contributed by atoms with van der Waals surface area (Å²) in [6.45, 7) is 1.68. The molecule has 0 saturated carbocycles. The highest BCUT2D eigenvalue weighted by Gasteiger charge is 2.67. The number of aromatic hydroxyl groups is 1. The molecule has 0 radical (unpaired) electrons. The molecule has 198 valence electrons. The van der Waals surface area contributed by atoms with Gasteiger partial charge in [-0.15, -0.1) is 0 Å². The predicted octanol–water partition coefficient (Wildman–Crippen LogP) is 0.714. The highest BCUT2D eigenvalue weighted by molar-refractivity contribution is 6.25. The Morgan fingerprint density at radius 2 is 1.79 bits per heavy atom. The molecule has 7 N–H and O–H groups in total. The number of aliphatic hydroxyl groups is 4. The molecule has 3 aliphatic rings. The number of nitrogens with zero attached hydrogens (tertiary/aromatic N) is 2. The van der Waals surface area contributed by atoms with Crippen molar-refractivity contribution in [1.82, 2.24) is 9.88 Å². The Labute approximate surface area is 217 Å². The highest BCUT2D eigenvalue weighted by atomic mass is 16.4. The number of Topliss-reactive ketones (excluding diaryl/α,β-unsaturated/α-hetero) is 2. The normalized spacial score (nSPS) is 30.7. The van der Waals surface area contributed by atoms with E-state index in [0.717, 1.165) is 0 Å². The van der Waals surface area contributed by atoms with E-state index in [0.29, 0.717) is 16.8 Å². The topological polar surface area (TPSA) is 195 Å². The molecule has 5 rings (SSSR count). The molecule has 0 bridgehead atoms. The number of likely N-dealkylation sites (N-methyl/N-ethyl adjacent to an activating group) is 1. The maximum atomic E-state index is 13.9. The lowest BCUT2D eigenvalue weighted by atomic mass is 9.55. The van der Waals surface area contributed by atoms with Crippen LogP contribution in [0.4, 0.5) is 0 Å². The number of nitrogens with two attached hydrogens (primary N) is 1. The number of pyridine rings is 1. The fourth-order valence-corrected chi connectivity index (χ4v) is 6.45. The monoisotopic (exact) mass is 521 g/mol. The summed E-state index contributed by atoms with van der Waals surface area (Å²) in [6.07, 6.45) is -0.0953. The van der Waals surface area contributed by atoms with Crippen LogP contribution in [0.25, 0.3) is 11.3 Å². The first-order valence-corrected chi connectivity index (χ1v) is 12.0. The van der Waals surface area contributed by atoms with E-state index < -0.39 is 81.4 Å². The van der Waals surface area contributed by atoms with Crippen LogP contribution >= 0.6 is 0 Å². The Kier molecular flexibility index (Phi) is 5.71. The average Bonchev–Trinajstić information content (AvgIpc) is 2.86. The summed E-state index contributed by atoms with van der Waals surface area (Å²) in [6, 6.07) is 6.78. The highest BCUT2D eigenvalue weighted by Crippen LogP contribution is 2.56. The molecule has 6 atom stereocenters. The standard InChI is InChI=1S/C27H27N3O8/c1-10-14-11(12-6-4-5-9-29-12)7-8-13(31)16(14)21(32)17-15(10)22(33)19-20(30(2)3)23(34)18(26(28)37)25(36)27(19,38)24(17)35/h4-10,15,19-20,22,31,33-35,38H,1-3H3,(H2,28,37)/t10-,15+,19+,20-,22-,27-/m1/s1. The molecule has 1 heterocycles. The summed E-state index contributed by atoms with van der Waals surface area (Å²) in [4.78, 5) is 45.1. The Morgan fingerprint density at radius 3 is 2.37 bits per heavy atom. The van der Waals surface area contributed by atoms with Crippen molar-refractivity contribution >= 4 is 17.5 Å². The number of carbonyl (C=O) groups is 3. The van der Waals surface area contributed by atoms with Crippen molar-refractivity contribution < 1.29 is 39.9 Å². The Morgan fingerprint density at radius 1 is 1.11 bits per heavy atom. The minimum absolute atomic E-state index is 0.159. The lowest BCUT2D eigenvalue weighted by Gasteiger charge is -2.53. The molecule has 0 unspecified atom stereocenters. The summed E-state index contributed by atoms with van der Waals surface area (Å²) in [5.41, 5.74) is 2.24. The van der Waals surface area contributed by atoms with E-state index in [-0.39, 0.29) is 5.56 Å². The maximum absolute atomic E-state index is 13.9. The van der Waals surface area contributed by atoms with Crippen molar-refractivity contribution in [2.45, 2.75) is 30.6 Å². The van der Waals surface area contributed by atoms with Crippen LogP contribution in [0, 0.1) is 11.8 Å². The van der Waals surface area contributed by atoms with Gasteiger partial charge in [-0.3, -0.25) is 24.3 Å². The minimum Gasteiger partial charge on any atom is -0.510 e. The van der Waals surface area contributed by atoms with E-state index in [1.165, 1.54) is 25.1 Å². The molecule has 0 fully saturated rings. The summed E-state index contributed by atoms with van der Waals surface area (Å²) < 4.78 is 0. The van der Waals surface area contributed by atoms with Crippen LogP contribution < -0.4 is 5.73 Å². The molecule has 1 amide bonds. The zero-order valence-electron chi connectivity index (χ0n) is 20.8. The van der Waals surface area contributed by atoms with Gasteiger partial charge in [-0.05, 0) is 49.8 Å². The van der Waals surface area contributed by atoms with Crippen molar-refractivity contribution in [3.8, 4) is 17.0 Å². The van der Waals surface area contributed by atoms with Crippen molar-refractivity contribution in [1.29, 1.82) is 0 Å². The number of carbonyl (C=O) groups excluding carboxylic acids is 3. The summed E-state index contributed by atoms with van der Waals surface area (Å²) >= 11 is 0. The quantitative estimate of drug-likeness (QED) is 0.313. The summed E-state index contributed by atoms with van der Waals surface area (Å²) in [5, 5.41) is 56.5. The summed E-state index contributed by atoms with van der Waals surface area (Å²) in [7, 11) is 2.97. The number of benzene rings is 1. The van der Waals surface area contributed by atoms with Gasteiger partial charge in [0, 0.05) is 23.3 Å². The molecular weight excluding hydrogens is 494 g/mol. The lowest BCUT2D eigenvalue weighted by molar-refractivity contribution is -0.162. The van der Waals surface area contributed by atoms with E-state index >= 15 is 0 Å². The van der Waals surface area contributed by atoms with Gasteiger partial charge >= 0.3 is 0 Å². The predicted molar refractivity (Wildman–Crippen MR) is 133 cm³/mol. The number of rotatable bonds is 3. The average molecular weight is 522 g/mol. The molecule has 11 nitrogen and oxygen atoms in total. The largest absolute Gasteiger partial charge is 0.510 e. The number of primary amides is 1. The number of ketones is 2. The molecule has 0 saturated heterocycles. The number of phenolic OH excluding ortho intramolecular Hbond substituents is 1. The third-order valence-electron chi connectivity index (χ3n) is 8.05. The number of aliphatic hydroxyl groups excluding tert-OH is 3. The first kappa shape index (κ1) is 25.6. The zero-order chi connectivity index (χ0) is 27.8. The van der Waals surface area contributed by atoms with Gasteiger partial charge in [0.1, 0.15) is 22.8 Å². The fraction of sp³-hybridized carbons (Fsp3) is 0.333. The van der Waals surface area contributed by atoms with Crippen LogP contribution in [0.15, 0.2) is 59.2 Å². The van der Waals surface area contributed by atoms with Crippen LogP contribution in [0.3, 0.4) is 0 Å². The first-order chi connectivity index (χ1) is 17.8. The van der Waals surface area contributed by atoms with Gasteiger partial charge in [-0.1, -0.05) is 13.0 Å². The van der Waals surface area contributed by atoms with Gasteiger partial charge in [0.05, 0.1) is 29.3 Å². The SMILES string of the molecule is C[C@@H]1c2c(-c3ccccn3)ccc(O)c2C(=O)C2=C(O)[C@@]3(O)C(=O)C(C(N)=O)=C(O)[C@H](N(C)C)[C@H]3[C@H](O)[C@H]21. The van der Waals surface area contributed by atoms with Crippen molar-refractivity contribution in [2.75, 3.05) is 14.1 Å². The van der Waals surface area contributed by atoms with Gasteiger partial charge in [0.15, 0.2) is 11.4 Å². The van der Waals surface area contributed by atoms with E-state index in [2.05, 4.69) is 4.98 Å². The van der Waals surface area contributed by atoms with Crippen molar-refractivity contribution in [3.63, 3.8) is 0 Å². The Hall–Kier alpha value is -4.06. The molecule has 0 aliphatic heterocycles. The molecule has 38 heavy (non-hydrogen) atoms. The fourth-order valence-electron chi connectivity index (χ4n) is 6.45. The molecule has 0 spiro atoms. The third kappa shape index (κ3) is 3.12. The minimum atomic E-state index is -2.95. The van der Waals surface area contributed by atoms with Crippen LogP contribution in [0.2, 0.25) is 0 Å². The van der Waals surface area contributed by atoms with Crippen molar-refractivity contribution in [2.24, 2.45) is 17.6 Å². The molecule has 1 aromatic carbocycles. The van der Waals surface area contributed by atoms with Crippen LogP contribution in [0.5, 0.6) is 5.75 Å². The van der Waals surface area contributed by atoms with Gasteiger partial charge in [0.25, 0.3) is 5.91 Å². The number of aromatic nitrogens is 1. The maximum Gasteiger partial charge on any atom is 0.255 e. The number of fused-ring (bicyclic) bond motifs is 3. The lowest BCUT2D eigenvalue weighted by Crippen LogP contribution is -2.68. The van der Waals surface area contributed by atoms with Gasteiger partial charge in [-0.2, -0.15) is 0 Å². The molecule has 11 heteroatoms. The van der Waals surface area contributed by atoms with Crippen LogP contribution in [-0.2, 0) is 9.59 Å². The second-order valence-electron chi connectivity index (χ2n) is 10.2.